The van der Waals surface area contributed by atoms with Crippen LogP contribution >= 0.6 is 0 Å². The first-order valence-corrected chi connectivity index (χ1v) is 9.65. The van der Waals surface area contributed by atoms with Crippen molar-refractivity contribution in [3.8, 4) is 11.1 Å². The number of morpholine rings is 1. The zero-order valence-electron chi connectivity index (χ0n) is 16.3. The van der Waals surface area contributed by atoms with Crippen LogP contribution in [0.15, 0.2) is 60.8 Å². The Morgan fingerprint density at radius 1 is 1.17 bits per heavy atom. The minimum Gasteiger partial charge on any atom is -0.478 e. The van der Waals surface area contributed by atoms with Gasteiger partial charge in [-0.2, -0.15) is 0 Å². The first-order valence-electron chi connectivity index (χ1n) is 9.65. The summed E-state index contributed by atoms with van der Waals surface area (Å²) < 4.78 is 5.91. The molecule has 0 radical (unpaired) electrons. The van der Waals surface area contributed by atoms with E-state index in [2.05, 4.69) is 27.0 Å². The Labute approximate surface area is 169 Å². The molecular formula is C23H23N3O3. The Balaban J connectivity index is 1.46. The SMILES string of the molecule is Cc1nccc(C2CN(Cc3ccc(-c4ccccc4C(=O)O)cc3)CCO2)n1. The maximum atomic E-state index is 11.5. The first-order chi connectivity index (χ1) is 14.1. The lowest BCUT2D eigenvalue weighted by Crippen LogP contribution is -2.38. The van der Waals surface area contributed by atoms with Gasteiger partial charge in [0.2, 0.25) is 0 Å². The molecule has 1 aliphatic heterocycles. The second-order valence-electron chi connectivity index (χ2n) is 7.17. The zero-order chi connectivity index (χ0) is 20.2. The minimum absolute atomic E-state index is 0.0489. The van der Waals surface area contributed by atoms with Crippen molar-refractivity contribution in [1.82, 2.24) is 14.9 Å². The average molecular weight is 389 g/mol. The van der Waals surface area contributed by atoms with Gasteiger partial charge in [0.05, 0.1) is 17.9 Å². The smallest absolute Gasteiger partial charge is 0.336 e. The van der Waals surface area contributed by atoms with Crippen molar-refractivity contribution in [2.24, 2.45) is 0 Å². The van der Waals surface area contributed by atoms with Gasteiger partial charge >= 0.3 is 5.97 Å². The molecule has 0 bridgehead atoms. The number of rotatable bonds is 5. The van der Waals surface area contributed by atoms with Crippen LogP contribution in [0.1, 0.15) is 33.5 Å². The van der Waals surface area contributed by atoms with Crippen molar-refractivity contribution in [1.29, 1.82) is 0 Å². The molecule has 6 nitrogen and oxygen atoms in total. The van der Waals surface area contributed by atoms with Gasteiger partial charge in [0, 0.05) is 25.8 Å². The van der Waals surface area contributed by atoms with Crippen LogP contribution in [0, 0.1) is 6.92 Å². The molecule has 2 aromatic carbocycles. The largest absolute Gasteiger partial charge is 0.478 e. The average Bonchev–Trinajstić information content (AvgIpc) is 2.74. The van der Waals surface area contributed by atoms with Crippen molar-refractivity contribution in [2.45, 2.75) is 19.6 Å². The van der Waals surface area contributed by atoms with E-state index in [1.54, 1.807) is 18.3 Å². The maximum absolute atomic E-state index is 11.5. The van der Waals surface area contributed by atoms with Crippen molar-refractivity contribution < 1.29 is 14.6 Å². The van der Waals surface area contributed by atoms with E-state index in [1.165, 1.54) is 5.56 Å². The molecule has 1 N–H and O–H groups in total. The summed E-state index contributed by atoms with van der Waals surface area (Å²) in [7, 11) is 0. The number of ether oxygens (including phenoxy) is 1. The number of benzene rings is 2. The van der Waals surface area contributed by atoms with Gasteiger partial charge in [-0.05, 0) is 35.7 Å². The molecule has 0 spiro atoms. The molecule has 1 unspecified atom stereocenters. The second-order valence-corrected chi connectivity index (χ2v) is 7.17. The number of carboxylic acids is 1. The van der Waals surface area contributed by atoms with Gasteiger partial charge in [0.15, 0.2) is 0 Å². The Morgan fingerprint density at radius 2 is 1.97 bits per heavy atom. The normalized spacial score (nSPS) is 17.2. The lowest BCUT2D eigenvalue weighted by molar-refractivity contribution is -0.0351. The number of carboxylic acid groups (broad SMARTS) is 1. The van der Waals surface area contributed by atoms with E-state index in [-0.39, 0.29) is 6.10 Å². The highest BCUT2D eigenvalue weighted by Crippen LogP contribution is 2.26. The fourth-order valence-corrected chi connectivity index (χ4v) is 3.65. The summed E-state index contributed by atoms with van der Waals surface area (Å²) in [4.78, 5) is 22.5. The molecule has 29 heavy (non-hydrogen) atoms. The summed E-state index contributed by atoms with van der Waals surface area (Å²) in [5.74, 6) is -0.163. The van der Waals surface area contributed by atoms with E-state index in [9.17, 15) is 9.90 Å². The van der Waals surface area contributed by atoms with Crippen molar-refractivity contribution in [3.63, 3.8) is 0 Å². The molecule has 1 saturated heterocycles. The number of hydrogen-bond donors (Lipinski definition) is 1. The molecule has 1 aromatic heterocycles. The second kappa shape index (κ2) is 8.51. The van der Waals surface area contributed by atoms with Gasteiger partial charge in [-0.15, -0.1) is 0 Å². The van der Waals surface area contributed by atoms with Crippen LogP contribution in [0.5, 0.6) is 0 Å². The molecule has 148 valence electrons. The fraction of sp³-hybridized carbons (Fsp3) is 0.261. The monoisotopic (exact) mass is 389 g/mol. The first kappa shape index (κ1) is 19.2. The molecule has 0 saturated carbocycles. The van der Waals surface area contributed by atoms with E-state index < -0.39 is 5.97 Å². The molecule has 2 heterocycles. The molecule has 0 aliphatic carbocycles. The number of aromatic nitrogens is 2. The predicted octanol–water partition coefficient (Wildman–Crippen LogP) is 3.72. The van der Waals surface area contributed by atoms with E-state index in [0.29, 0.717) is 12.2 Å². The molecule has 1 aliphatic rings. The van der Waals surface area contributed by atoms with Crippen LogP contribution in [0.4, 0.5) is 0 Å². The third kappa shape index (κ3) is 4.50. The fourth-order valence-electron chi connectivity index (χ4n) is 3.65. The van der Waals surface area contributed by atoms with Gasteiger partial charge < -0.3 is 9.84 Å². The van der Waals surface area contributed by atoms with E-state index in [4.69, 9.17) is 4.74 Å². The van der Waals surface area contributed by atoms with Gasteiger partial charge in [-0.25, -0.2) is 14.8 Å². The van der Waals surface area contributed by atoms with Crippen LogP contribution in [-0.2, 0) is 11.3 Å². The number of hydrogen-bond acceptors (Lipinski definition) is 5. The van der Waals surface area contributed by atoms with Crippen molar-refractivity contribution in [2.75, 3.05) is 19.7 Å². The molecule has 3 aromatic rings. The van der Waals surface area contributed by atoms with Crippen molar-refractivity contribution in [3.05, 3.63) is 83.4 Å². The Hall–Kier alpha value is -3.09. The third-order valence-corrected chi connectivity index (χ3v) is 5.11. The van der Waals surface area contributed by atoms with Crippen LogP contribution in [-0.4, -0.2) is 45.6 Å². The zero-order valence-corrected chi connectivity index (χ0v) is 16.3. The molecular weight excluding hydrogens is 366 g/mol. The molecule has 0 amide bonds. The summed E-state index contributed by atoms with van der Waals surface area (Å²) in [6, 6.07) is 17.1. The lowest BCUT2D eigenvalue weighted by Gasteiger charge is -2.32. The highest BCUT2D eigenvalue weighted by Gasteiger charge is 2.23. The van der Waals surface area contributed by atoms with E-state index >= 15 is 0 Å². The summed E-state index contributed by atoms with van der Waals surface area (Å²) in [5, 5.41) is 9.41. The van der Waals surface area contributed by atoms with Crippen LogP contribution in [0.3, 0.4) is 0 Å². The van der Waals surface area contributed by atoms with E-state index in [0.717, 1.165) is 42.3 Å². The maximum Gasteiger partial charge on any atom is 0.336 e. The Morgan fingerprint density at radius 3 is 2.72 bits per heavy atom. The summed E-state index contributed by atoms with van der Waals surface area (Å²) in [5.41, 5.74) is 4.06. The highest BCUT2D eigenvalue weighted by atomic mass is 16.5. The standard InChI is InChI=1S/C23H23N3O3/c1-16-24-11-10-21(25-16)22-15-26(12-13-29-22)14-17-6-8-18(9-7-17)19-4-2-3-5-20(19)23(27)28/h2-11,22H,12-15H2,1H3,(H,27,28). The summed E-state index contributed by atoms with van der Waals surface area (Å²) in [6.07, 6.45) is 1.72. The highest BCUT2D eigenvalue weighted by molar-refractivity contribution is 5.95. The van der Waals surface area contributed by atoms with Crippen LogP contribution < -0.4 is 0 Å². The predicted molar refractivity (Wildman–Crippen MR) is 110 cm³/mol. The molecule has 6 heteroatoms. The Bertz CT molecular complexity index is 1000. The van der Waals surface area contributed by atoms with Gasteiger partial charge in [-0.3, -0.25) is 4.90 Å². The van der Waals surface area contributed by atoms with Gasteiger partial charge in [0.25, 0.3) is 0 Å². The molecule has 4 rings (SSSR count). The minimum atomic E-state index is -0.913. The number of aryl methyl sites for hydroxylation is 1. The number of carbonyl (C=O) groups is 1. The quantitative estimate of drug-likeness (QED) is 0.717. The Kier molecular flexibility index (Phi) is 5.64. The lowest BCUT2D eigenvalue weighted by atomic mass is 9.98. The molecule has 1 atom stereocenters. The van der Waals surface area contributed by atoms with Gasteiger partial charge in [0.1, 0.15) is 11.9 Å². The van der Waals surface area contributed by atoms with Crippen molar-refractivity contribution >= 4 is 5.97 Å². The van der Waals surface area contributed by atoms with Crippen LogP contribution in [0.2, 0.25) is 0 Å². The van der Waals surface area contributed by atoms with Crippen LogP contribution in [0.25, 0.3) is 11.1 Å². The third-order valence-electron chi connectivity index (χ3n) is 5.11. The number of aromatic carboxylic acids is 1. The summed E-state index contributed by atoms with van der Waals surface area (Å²) >= 11 is 0. The molecule has 1 fully saturated rings. The summed E-state index contributed by atoms with van der Waals surface area (Å²) in [6.45, 7) is 5.00. The van der Waals surface area contributed by atoms with Gasteiger partial charge in [-0.1, -0.05) is 42.5 Å². The topological polar surface area (TPSA) is 75.6 Å². The van der Waals surface area contributed by atoms with E-state index in [1.807, 2.05) is 37.3 Å². The number of nitrogens with zero attached hydrogens (tertiary/aromatic N) is 3.